The van der Waals surface area contributed by atoms with E-state index in [4.69, 9.17) is 4.42 Å². The van der Waals surface area contributed by atoms with Crippen LogP contribution in [0.15, 0.2) is 10.7 Å². The zero-order valence-electron chi connectivity index (χ0n) is 10.9. The molecule has 0 radical (unpaired) electrons. The van der Waals surface area contributed by atoms with Gasteiger partial charge in [0.15, 0.2) is 0 Å². The molecule has 1 atom stereocenters. The second-order valence-electron chi connectivity index (χ2n) is 4.95. The average molecular weight is 238 g/mol. The molecule has 0 bridgehead atoms. The first-order valence-corrected chi connectivity index (χ1v) is 6.17. The van der Waals surface area contributed by atoms with Crippen molar-refractivity contribution in [2.24, 2.45) is 5.92 Å². The number of hydrogen-bond acceptors (Lipinski definition) is 5. The van der Waals surface area contributed by atoms with Crippen LogP contribution in [0.4, 0.5) is 6.01 Å². The van der Waals surface area contributed by atoms with Gasteiger partial charge in [0.05, 0.1) is 5.69 Å². The third kappa shape index (κ3) is 3.20. The molecule has 1 unspecified atom stereocenters. The summed E-state index contributed by atoms with van der Waals surface area (Å²) in [4.78, 5) is 8.93. The van der Waals surface area contributed by atoms with Crippen molar-refractivity contribution in [3.05, 3.63) is 12.0 Å². The van der Waals surface area contributed by atoms with Gasteiger partial charge in [0.1, 0.15) is 6.26 Å². The molecule has 5 heteroatoms. The van der Waals surface area contributed by atoms with E-state index in [1.165, 1.54) is 19.5 Å². The third-order valence-electron chi connectivity index (χ3n) is 3.25. The van der Waals surface area contributed by atoms with Crippen LogP contribution in [-0.4, -0.2) is 50.7 Å². The highest BCUT2D eigenvalue weighted by atomic mass is 16.4. The quantitative estimate of drug-likeness (QED) is 0.821. The molecule has 1 saturated heterocycles. The number of nitrogens with one attached hydrogen (secondary N) is 1. The molecule has 0 aliphatic carbocycles. The Hall–Kier alpha value is -1.07. The molecule has 2 rings (SSSR count). The van der Waals surface area contributed by atoms with Gasteiger partial charge in [0.2, 0.25) is 0 Å². The molecular formula is C12H22N4O. The molecular weight excluding hydrogens is 216 g/mol. The number of likely N-dealkylation sites (tertiary alicyclic amines) is 1. The lowest BCUT2D eigenvalue weighted by Gasteiger charge is -2.19. The molecule has 0 spiro atoms. The highest BCUT2D eigenvalue weighted by Crippen LogP contribution is 2.19. The minimum absolute atomic E-state index is 0.727. The van der Waals surface area contributed by atoms with E-state index in [2.05, 4.69) is 27.1 Å². The van der Waals surface area contributed by atoms with Crippen LogP contribution in [-0.2, 0) is 6.54 Å². The summed E-state index contributed by atoms with van der Waals surface area (Å²) in [7, 11) is 6.13. The largest absolute Gasteiger partial charge is 0.432 e. The van der Waals surface area contributed by atoms with E-state index in [1.54, 1.807) is 6.26 Å². The van der Waals surface area contributed by atoms with E-state index in [-0.39, 0.29) is 0 Å². The number of oxazole rings is 1. The predicted molar refractivity (Wildman–Crippen MR) is 68.1 cm³/mol. The molecule has 5 nitrogen and oxygen atoms in total. The van der Waals surface area contributed by atoms with Gasteiger partial charge in [-0.15, -0.1) is 0 Å². The Bertz CT molecular complexity index is 352. The monoisotopic (exact) mass is 238 g/mol. The van der Waals surface area contributed by atoms with Gasteiger partial charge in [-0.2, -0.15) is 4.98 Å². The third-order valence-corrected chi connectivity index (χ3v) is 3.25. The van der Waals surface area contributed by atoms with Gasteiger partial charge in [-0.3, -0.25) is 0 Å². The van der Waals surface area contributed by atoms with Crippen molar-refractivity contribution in [2.75, 3.05) is 45.7 Å². The Morgan fingerprint density at radius 2 is 2.47 bits per heavy atom. The SMILES string of the molecule is CNCc1coc(N(C)CC2CCN(C)C2)n1. The van der Waals surface area contributed by atoms with Crippen molar-refractivity contribution < 1.29 is 4.42 Å². The maximum Gasteiger partial charge on any atom is 0.297 e. The van der Waals surface area contributed by atoms with Crippen LogP contribution in [0.2, 0.25) is 0 Å². The molecule has 1 N–H and O–H groups in total. The topological polar surface area (TPSA) is 44.5 Å². The maximum absolute atomic E-state index is 5.48. The van der Waals surface area contributed by atoms with Gasteiger partial charge in [-0.05, 0) is 33.0 Å². The van der Waals surface area contributed by atoms with Gasteiger partial charge in [-0.25, -0.2) is 0 Å². The molecule has 1 aliphatic heterocycles. The number of nitrogens with zero attached hydrogens (tertiary/aromatic N) is 3. The van der Waals surface area contributed by atoms with Crippen LogP contribution < -0.4 is 10.2 Å². The zero-order valence-corrected chi connectivity index (χ0v) is 10.9. The van der Waals surface area contributed by atoms with Crippen molar-refractivity contribution >= 4 is 6.01 Å². The smallest absolute Gasteiger partial charge is 0.297 e. The summed E-state index contributed by atoms with van der Waals surface area (Å²) in [6.07, 6.45) is 2.99. The summed E-state index contributed by atoms with van der Waals surface area (Å²) in [6, 6.07) is 0.727. The Morgan fingerprint density at radius 1 is 1.65 bits per heavy atom. The van der Waals surface area contributed by atoms with Gasteiger partial charge >= 0.3 is 0 Å². The van der Waals surface area contributed by atoms with Crippen molar-refractivity contribution in [3.8, 4) is 0 Å². The predicted octanol–water partition coefficient (Wildman–Crippen LogP) is 0.782. The number of rotatable bonds is 5. The molecule has 17 heavy (non-hydrogen) atoms. The van der Waals surface area contributed by atoms with Crippen LogP contribution in [0.1, 0.15) is 12.1 Å². The number of aromatic nitrogens is 1. The molecule has 96 valence electrons. The highest BCUT2D eigenvalue weighted by molar-refractivity contribution is 5.25. The van der Waals surface area contributed by atoms with E-state index in [0.29, 0.717) is 0 Å². The van der Waals surface area contributed by atoms with E-state index < -0.39 is 0 Å². The summed E-state index contributed by atoms with van der Waals surface area (Å²) < 4.78 is 5.48. The standard InChI is InChI=1S/C12H22N4O/c1-13-6-11-9-17-12(14-11)16(3)8-10-4-5-15(2)7-10/h9-10,13H,4-8H2,1-3H3. The summed E-state index contributed by atoms with van der Waals surface area (Å²) >= 11 is 0. The van der Waals surface area contributed by atoms with Gasteiger partial charge < -0.3 is 19.5 Å². The van der Waals surface area contributed by atoms with Gasteiger partial charge in [0, 0.05) is 26.7 Å². The zero-order chi connectivity index (χ0) is 12.3. The van der Waals surface area contributed by atoms with Crippen LogP contribution in [0.3, 0.4) is 0 Å². The van der Waals surface area contributed by atoms with Crippen LogP contribution >= 0.6 is 0 Å². The second-order valence-corrected chi connectivity index (χ2v) is 4.95. The van der Waals surface area contributed by atoms with Crippen molar-refractivity contribution in [1.82, 2.24) is 15.2 Å². The summed E-state index contributed by atoms with van der Waals surface area (Å²) in [5.74, 6) is 0.727. The van der Waals surface area contributed by atoms with E-state index in [0.717, 1.165) is 30.7 Å². The Morgan fingerprint density at radius 3 is 3.12 bits per heavy atom. The first-order chi connectivity index (χ1) is 8.19. The molecule has 1 aliphatic rings. The first kappa shape index (κ1) is 12.4. The summed E-state index contributed by atoms with van der Waals surface area (Å²) in [5, 5.41) is 3.07. The van der Waals surface area contributed by atoms with Crippen LogP contribution in [0, 0.1) is 5.92 Å². The Balaban J connectivity index is 1.87. The van der Waals surface area contributed by atoms with Crippen molar-refractivity contribution in [3.63, 3.8) is 0 Å². The lowest BCUT2D eigenvalue weighted by atomic mass is 10.1. The minimum atomic E-state index is 0.727. The fourth-order valence-electron chi connectivity index (χ4n) is 2.37. The van der Waals surface area contributed by atoms with Crippen molar-refractivity contribution in [2.45, 2.75) is 13.0 Å². The fourth-order valence-corrected chi connectivity index (χ4v) is 2.37. The normalized spacial score (nSPS) is 21.0. The lowest BCUT2D eigenvalue weighted by molar-refractivity contribution is 0.393. The summed E-state index contributed by atoms with van der Waals surface area (Å²) in [5.41, 5.74) is 0.956. The fraction of sp³-hybridized carbons (Fsp3) is 0.750. The molecule has 0 amide bonds. The summed E-state index contributed by atoms with van der Waals surface area (Å²) in [6.45, 7) is 4.15. The number of hydrogen-bond donors (Lipinski definition) is 1. The molecule has 1 aromatic heterocycles. The first-order valence-electron chi connectivity index (χ1n) is 6.17. The van der Waals surface area contributed by atoms with Gasteiger partial charge in [-0.1, -0.05) is 0 Å². The maximum atomic E-state index is 5.48. The highest BCUT2D eigenvalue weighted by Gasteiger charge is 2.22. The Labute approximate surface area is 103 Å². The molecule has 2 heterocycles. The second kappa shape index (κ2) is 5.51. The van der Waals surface area contributed by atoms with Gasteiger partial charge in [0.25, 0.3) is 6.01 Å². The molecule has 1 aromatic rings. The van der Waals surface area contributed by atoms with Crippen LogP contribution in [0.25, 0.3) is 0 Å². The van der Waals surface area contributed by atoms with Crippen molar-refractivity contribution in [1.29, 1.82) is 0 Å². The Kier molecular flexibility index (Phi) is 4.02. The number of anilines is 1. The molecule has 0 saturated carbocycles. The van der Waals surface area contributed by atoms with Crippen LogP contribution in [0.5, 0.6) is 0 Å². The van der Waals surface area contributed by atoms with E-state index >= 15 is 0 Å². The average Bonchev–Trinajstić information content (AvgIpc) is 2.88. The minimum Gasteiger partial charge on any atom is -0.432 e. The molecule has 0 aromatic carbocycles. The van der Waals surface area contributed by atoms with E-state index in [1.807, 2.05) is 14.1 Å². The lowest BCUT2D eigenvalue weighted by Crippen LogP contribution is -2.27. The molecule has 1 fully saturated rings. The van der Waals surface area contributed by atoms with E-state index in [9.17, 15) is 0 Å².